The number of hydrogen-bond acceptors (Lipinski definition) is 3. The number of benzene rings is 1. The first kappa shape index (κ1) is 8.93. The van der Waals surface area contributed by atoms with Gasteiger partial charge in [0.1, 0.15) is 6.67 Å². The lowest BCUT2D eigenvalue weighted by molar-refractivity contribution is 0.824. The first-order valence-corrected chi connectivity index (χ1v) is 5.79. The number of allylic oxidation sites excluding steroid dienone is 2. The second-order valence-corrected chi connectivity index (χ2v) is 4.34. The van der Waals surface area contributed by atoms with E-state index in [-0.39, 0.29) is 0 Å². The Labute approximate surface area is 98.6 Å². The van der Waals surface area contributed by atoms with Crippen LogP contribution in [0.3, 0.4) is 0 Å². The van der Waals surface area contributed by atoms with Gasteiger partial charge in [-0.1, -0.05) is 24.3 Å². The van der Waals surface area contributed by atoms with E-state index in [1.807, 2.05) is 12.3 Å². The summed E-state index contributed by atoms with van der Waals surface area (Å²) >= 11 is 0. The van der Waals surface area contributed by atoms with Crippen LogP contribution >= 0.6 is 0 Å². The second kappa shape index (κ2) is 3.17. The standard InChI is InChI=1S/C14H11N3/c1-2-4-11-10(3-1)13-12(17-11)6-5-9-7-15-8-16-14(9)13/h1-4,6-7,16H,5,8H2. The van der Waals surface area contributed by atoms with Crippen molar-refractivity contribution in [2.75, 3.05) is 6.67 Å². The molecule has 4 rings (SSSR count). The minimum atomic E-state index is 0.664. The summed E-state index contributed by atoms with van der Waals surface area (Å²) in [4.78, 5) is 8.93. The van der Waals surface area contributed by atoms with E-state index < -0.39 is 0 Å². The van der Waals surface area contributed by atoms with Crippen molar-refractivity contribution in [3.8, 4) is 0 Å². The van der Waals surface area contributed by atoms with Gasteiger partial charge in [-0.2, -0.15) is 0 Å². The predicted octanol–water partition coefficient (Wildman–Crippen LogP) is 0.644. The van der Waals surface area contributed by atoms with E-state index >= 15 is 0 Å². The van der Waals surface area contributed by atoms with Crippen LogP contribution in [0.1, 0.15) is 6.42 Å². The molecule has 0 saturated heterocycles. The molecule has 17 heavy (non-hydrogen) atoms. The number of nitrogens with zero attached hydrogens (tertiary/aromatic N) is 2. The minimum absolute atomic E-state index is 0.664. The lowest BCUT2D eigenvalue weighted by Gasteiger charge is -2.22. The molecular formula is C14H11N3. The van der Waals surface area contributed by atoms with Crippen molar-refractivity contribution in [3.63, 3.8) is 0 Å². The van der Waals surface area contributed by atoms with Crippen molar-refractivity contribution in [3.05, 3.63) is 57.9 Å². The maximum Gasteiger partial charge on any atom is 0.107 e. The lowest BCUT2D eigenvalue weighted by Crippen LogP contribution is -2.28. The Kier molecular flexibility index (Phi) is 1.66. The van der Waals surface area contributed by atoms with Crippen LogP contribution in [0.5, 0.6) is 0 Å². The molecule has 0 radical (unpaired) electrons. The zero-order chi connectivity index (χ0) is 11.2. The molecule has 82 valence electrons. The Morgan fingerprint density at radius 1 is 1.18 bits per heavy atom. The van der Waals surface area contributed by atoms with Gasteiger partial charge < -0.3 is 5.32 Å². The van der Waals surface area contributed by atoms with Crippen molar-refractivity contribution in [1.82, 2.24) is 5.32 Å². The fraction of sp³-hybridized carbons (Fsp3) is 0.143. The van der Waals surface area contributed by atoms with E-state index in [9.17, 15) is 0 Å². The van der Waals surface area contributed by atoms with Gasteiger partial charge in [-0.15, -0.1) is 0 Å². The third-order valence-corrected chi connectivity index (χ3v) is 3.35. The smallest absolute Gasteiger partial charge is 0.107 e. The Balaban J connectivity index is 2.11. The number of fused-ring (bicyclic) bond motifs is 3. The van der Waals surface area contributed by atoms with E-state index in [0.29, 0.717) is 6.67 Å². The summed E-state index contributed by atoms with van der Waals surface area (Å²) in [6.45, 7) is 0.664. The highest BCUT2D eigenvalue weighted by Gasteiger charge is 2.23. The molecule has 1 aliphatic carbocycles. The van der Waals surface area contributed by atoms with Crippen LogP contribution in [-0.2, 0) is 0 Å². The molecule has 2 heterocycles. The van der Waals surface area contributed by atoms with Gasteiger partial charge in [-0.3, -0.25) is 4.99 Å². The summed E-state index contributed by atoms with van der Waals surface area (Å²) in [6.07, 6.45) is 5.09. The third kappa shape index (κ3) is 1.16. The molecule has 3 nitrogen and oxygen atoms in total. The molecule has 0 amide bonds. The van der Waals surface area contributed by atoms with Gasteiger partial charge >= 0.3 is 0 Å². The Morgan fingerprint density at radius 2 is 2.12 bits per heavy atom. The van der Waals surface area contributed by atoms with Crippen molar-refractivity contribution >= 4 is 11.8 Å². The summed E-state index contributed by atoms with van der Waals surface area (Å²) in [6, 6.07) is 8.30. The first-order chi connectivity index (χ1) is 8.43. The molecule has 1 aromatic carbocycles. The minimum Gasteiger partial charge on any atom is -0.365 e. The summed E-state index contributed by atoms with van der Waals surface area (Å²) < 4.78 is 0. The van der Waals surface area contributed by atoms with Gasteiger partial charge in [0.05, 0.1) is 16.8 Å². The van der Waals surface area contributed by atoms with E-state index in [1.165, 1.54) is 22.1 Å². The van der Waals surface area contributed by atoms with E-state index in [1.54, 1.807) is 0 Å². The highest BCUT2D eigenvalue weighted by molar-refractivity contribution is 5.92. The van der Waals surface area contributed by atoms with Crippen molar-refractivity contribution in [2.45, 2.75) is 6.42 Å². The quantitative estimate of drug-likeness (QED) is 0.686. The highest BCUT2D eigenvalue weighted by atomic mass is 15.0. The van der Waals surface area contributed by atoms with Crippen LogP contribution in [0.15, 0.2) is 57.3 Å². The molecule has 1 aromatic rings. The maximum absolute atomic E-state index is 4.67. The molecule has 1 N–H and O–H groups in total. The maximum atomic E-state index is 4.67. The average molecular weight is 221 g/mol. The van der Waals surface area contributed by atoms with Crippen LogP contribution in [0, 0.1) is 0 Å². The molecule has 0 atom stereocenters. The molecule has 0 bridgehead atoms. The van der Waals surface area contributed by atoms with Gasteiger partial charge in [0.2, 0.25) is 0 Å². The SMILES string of the molecule is C1=NCNC2=C1CC=C1N=c3ccccc3=C12. The Hall–Kier alpha value is -2.16. The largest absolute Gasteiger partial charge is 0.365 e. The van der Waals surface area contributed by atoms with Crippen LogP contribution in [0.2, 0.25) is 0 Å². The number of nitrogens with one attached hydrogen (secondary N) is 1. The summed E-state index contributed by atoms with van der Waals surface area (Å²) in [7, 11) is 0. The molecule has 3 aliphatic rings. The normalized spacial score (nSPS) is 20.0. The average Bonchev–Trinajstić information content (AvgIpc) is 2.77. The topological polar surface area (TPSA) is 36.8 Å². The van der Waals surface area contributed by atoms with Gasteiger partial charge in [-0.25, -0.2) is 4.99 Å². The third-order valence-electron chi connectivity index (χ3n) is 3.35. The first-order valence-electron chi connectivity index (χ1n) is 5.79. The fourth-order valence-electron chi connectivity index (χ4n) is 2.59. The van der Waals surface area contributed by atoms with Crippen molar-refractivity contribution in [2.24, 2.45) is 9.98 Å². The molecule has 3 heteroatoms. The van der Waals surface area contributed by atoms with Crippen LogP contribution in [0.25, 0.3) is 5.57 Å². The van der Waals surface area contributed by atoms with Gasteiger partial charge in [0.25, 0.3) is 0 Å². The summed E-state index contributed by atoms with van der Waals surface area (Å²) in [5.41, 5.74) is 4.83. The van der Waals surface area contributed by atoms with Crippen LogP contribution < -0.4 is 15.9 Å². The lowest BCUT2D eigenvalue weighted by atomic mass is 9.94. The molecule has 0 spiro atoms. The molecule has 0 fully saturated rings. The second-order valence-electron chi connectivity index (χ2n) is 4.34. The van der Waals surface area contributed by atoms with Gasteiger partial charge in [0.15, 0.2) is 0 Å². The zero-order valence-corrected chi connectivity index (χ0v) is 9.27. The van der Waals surface area contributed by atoms with Crippen molar-refractivity contribution in [1.29, 1.82) is 0 Å². The zero-order valence-electron chi connectivity index (χ0n) is 9.27. The molecule has 2 aliphatic heterocycles. The molecule has 0 saturated carbocycles. The molecule has 0 aromatic heterocycles. The monoisotopic (exact) mass is 221 g/mol. The number of aliphatic imine (C=N–C) groups is 1. The fourth-order valence-corrected chi connectivity index (χ4v) is 2.59. The van der Waals surface area contributed by atoms with E-state index in [4.69, 9.17) is 0 Å². The molecular weight excluding hydrogens is 210 g/mol. The van der Waals surface area contributed by atoms with Gasteiger partial charge in [-0.05, 0) is 18.1 Å². The van der Waals surface area contributed by atoms with E-state index in [0.717, 1.165) is 17.5 Å². The Bertz CT molecular complexity index is 720. The van der Waals surface area contributed by atoms with Crippen molar-refractivity contribution < 1.29 is 0 Å². The highest BCUT2D eigenvalue weighted by Crippen LogP contribution is 2.30. The Morgan fingerprint density at radius 3 is 3.12 bits per heavy atom. The van der Waals surface area contributed by atoms with Gasteiger partial charge in [0, 0.05) is 17.0 Å². The van der Waals surface area contributed by atoms with E-state index in [2.05, 4.69) is 39.6 Å². The predicted molar refractivity (Wildman–Crippen MR) is 66.9 cm³/mol. The summed E-state index contributed by atoms with van der Waals surface area (Å²) in [5.74, 6) is 0. The number of rotatable bonds is 0. The summed E-state index contributed by atoms with van der Waals surface area (Å²) in [5, 5.41) is 5.68. The molecule has 0 unspecified atom stereocenters. The van der Waals surface area contributed by atoms with Crippen LogP contribution in [-0.4, -0.2) is 12.9 Å². The van der Waals surface area contributed by atoms with Crippen LogP contribution in [0.4, 0.5) is 0 Å². The number of para-hydroxylation sites is 1. The number of hydrogen-bond donors (Lipinski definition) is 1.